The quantitative estimate of drug-likeness (QED) is 0.749. The van der Waals surface area contributed by atoms with Crippen LogP contribution < -0.4 is 0 Å². The summed E-state index contributed by atoms with van der Waals surface area (Å²) in [4.78, 5) is 11.9. The molecule has 7 atom stereocenters. The fourth-order valence-electron chi connectivity index (χ4n) is 6.74. The molecular formula is C15H22O3. The minimum absolute atomic E-state index is 0.0619. The molecule has 18 heavy (non-hydrogen) atoms. The van der Waals surface area contributed by atoms with Crippen LogP contribution in [0.3, 0.4) is 0 Å². The van der Waals surface area contributed by atoms with Crippen molar-refractivity contribution in [2.24, 2.45) is 39.9 Å². The van der Waals surface area contributed by atoms with Crippen LogP contribution in [0.4, 0.5) is 0 Å². The Labute approximate surface area is 108 Å². The molecular weight excluding hydrogens is 228 g/mol. The fraction of sp³-hybridized carbons (Fsp3) is 0.933. The Bertz CT molecular complexity index is 457. The summed E-state index contributed by atoms with van der Waals surface area (Å²) >= 11 is 0. The molecule has 0 heterocycles. The lowest BCUT2D eigenvalue weighted by atomic mass is 9.68. The van der Waals surface area contributed by atoms with Crippen LogP contribution >= 0.6 is 0 Å². The smallest absolute Gasteiger partial charge is 0.310 e. The van der Waals surface area contributed by atoms with Crippen LogP contribution in [0, 0.1) is 39.9 Å². The van der Waals surface area contributed by atoms with Crippen LogP contribution in [-0.4, -0.2) is 22.3 Å². The van der Waals surface area contributed by atoms with Gasteiger partial charge in [0, 0.05) is 0 Å². The second-order valence-corrected chi connectivity index (χ2v) is 7.97. The van der Waals surface area contributed by atoms with E-state index in [0.29, 0.717) is 23.7 Å². The first kappa shape index (κ1) is 11.3. The predicted molar refractivity (Wildman–Crippen MR) is 65.8 cm³/mol. The molecule has 0 aromatic carbocycles. The van der Waals surface area contributed by atoms with Crippen molar-refractivity contribution < 1.29 is 15.0 Å². The lowest BCUT2D eigenvalue weighted by molar-refractivity contribution is -0.149. The Morgan fingerprint density at radius 1 is 1.17 bits per heavy atom. The van der Waals surface area contributed by atoms with E-state index in [1.54, 1.807) is 0 Å². The first-order chi connectivity index (χ1) is 8.29. The van der Waals surface area contributed by atoms with Crippen molar-refractivity contribution in [3.8, 4) is 0 Å². The molecule has 2 N–H and O–H groups in total. The molecule has 0 unspecified atom stereocenters. The number of carboxylic acid groups (broad SMARTS) is 1. The zero-order valence-corrected chi connectivity index (χ0v) is 11.3. The molecule has 5 saturated carbocycles. The molecule has 3 nitrogen and oxygen atoms in total. The van der Waals surface area contributed by atoms with E-state index in [-0.39, 0.29) is 16.9 Å². The third-order valence-corrected chi connectivity index (χ3v) is 7.54. The van der Waals surface area contributed by atoms with Crippen molar-refractivity contribution in [2.45, 2.75) is 46.1 Å². The van der Waals surface area contributed by atoms with Crippen molar-refractivity contribution in [2.75, 3.05) is 0 Å². The van der Waals surface area contributed by atoms with Gasteiger partial charge < -0.3 is 10.2 Å². The van der Waals surface area contributed by atoms with Crippen LogP contribution in [0.2, 0.25) is 0 Å². The molecule has 5 aliphatic carbocycles. The lowest BCUT2D eigenvalue weighted by Gasteiger charge is -2.37. The van der Waals surface area contributed by atoms with Gasteiger partial charge in [0.1, 0.15) is 0 Å². The Balaban J connectivity index is 1.90. The van der Waals surface area contributed by atoms with Crippen molar-refractivity contribution in [1.29, 1.82) is 0 Å². The number of carbonyl (C=O) groups is 1. The normalized spacial score (nSPS) is 62.6. The molecule has 0 aromatic heterocycles. The average Bonchev–Trinajstić information content (AvgIpc) is 2.60. The Kier molecular flexibility index (Phi) is 1.66. The van der Waals surface area contributed by atoms with Gasteiger partial charge in [-0.05, 0) is 53.8 Å². The lowest BCUT2D eigenvalue weighted by Crippen LogP contribution is -2.38. The molecule has 5 rings (SSSR count). The molecule has 0 aromatic rings. The van der Waals surface area contributed by atoms with Gasteiger partial charge in [-0.15, -0.1) is 0 Å². The van der Waals surface area contributed by atoms with E-state index in [2.05, 4.69) is 20.8 Å². The highest BCUT2D eigenvalue weighted by Crippen LogP contribution is 2.91. The second-order valence-electron chi connectivity index (χ2n) is 7.97. The fourth-order valence-corrected chi connectivity index (χ4v) is 6.74. The van der Waals surface area contributed by atoms with E-state index in [4.69, 9.17) is 0 Å². The minimum Gasteiger partial charge on any atom is -0.481 e. The number of rotatable bonds is 1. The maximum Gasteiger partial charge on any atom is 0.310 e. The topological polar surface area (TPSA) is 57.5 Å². The average molecular weight is 250 g/mol. The number of hydrogen-bond acceptors (Lipinski definition) is 2. The standard InChI is InChI=1S/C15H22O3/c1-13(2)9(16)4-5-14(3)7-6-8-11(10(7)13)15(8,14)12(17)18/h7-11,16H,4-6H2,1-3H3,(H,17,18)/t7-,8-,9-,10-,11-,14+,15+/m1/s1. The summed E-state index contributed by atoms with van der Waals surface area (Å²) in [6, 6.07) is 0. The van der Waals surface area contributed by atoms with Crippen molar-refractivity contribution in [3.63, 3.8) is 0 Å². The van der Waals surface area contributed by atoms with Crippen molar-refractivity contribution in [3.05, 3.63) is 0 Å². The van der Waals surface area contributed by atoms with Crippen LogP contribution in [-0.2, 0) is 4.79 Å². The maximum absolute atomic E-state index is 11.9. The van der Waals surface area contributed by atoms with Crippen LogP contribution in [0.25, 0.3) is 0 Å². The van der Waals surface area contributed by atoms with Gasteiger partial charge in [0.05, 0.1) is 11.5 Å². The Hall–Kier alpha value is -0.570. The van der Waals surface area contributed by atoms with Gasteiger partial charge in [-0.3, -0.25) is 4.79 Å². The highest BCUT2D eigenvalue weighted by Gasteiger charge is 2.92. The first-order valence-corrected chi connectivity index (χ1v) is 7.21. The van der Waals surface area contributed by atoms with Crippen LogP contribution in [0.5, 0.6) is 0 Å². The Morgan fingerprint density at radius 2 is 1.83 bits per heavy atom. The summed E-state index contributed by atoms with van der Waals surface area (Å²) < 4.78 is 0. The summed E-state index contributed by atoms with van der Waals surface area (Å²) in [6.07, 6.45) is 2.48. The number of carboxylic acids is 1. The summed E-state index contributed by atoms with van der Waals surface area (Å²) in [5.74, 6) is 1.13. The molecule has 100 valence electrons. The summed E-state index contributed by atoms with van der Waals surface area (Å²) in [5, 5.41) is 20.2. The predicted octanol–water partition coefficient (Wildman–Crippen LogP) is 2.14. The van der Waals surface area contributed by atoms with Crippen molar-refractivity contribution >= 4 is 5.97 Å². The van der Waals surface area contributed by atoms with E-state index in [9.17, 15) is 15.0 Å². The molecule has 0 amide bonds. The summed E-state index contributed by atoms with van der Waals surface area (Å²) in [6.45, 7) is 6.50. The Morgan fingerprint density at radius 3 is 2.44 bits per heavy atom. The number of aliphatic hydroxyl groups is 1. The molecule has 5 fully saturated rings. The van der Waals surface area contributed by atoms with Gasteiger partial charge in [-0.2, -0.15) is 0 Å². The molecule has 0 aliphatic heterocycles. The maximum atomic E-state index is 11.9. The van der Waals surface area contributed by atoms with Gasteiger partial charge in [0.15, 0.2) is 0 Å². The zero-order valence-electron chi connectivity index (χ0n) is 11.3. The summed E-state index contributed by atoms with van der Waals surface area (Å²) in [7, 11) is 0. The molecule has 0 saturated heterocycles. The molecule has 5 aliphatic rings. The first-order valence-electron chi connectivity index (χ1n) is 7.21. The third-order valence-electron chi connectivity index (χ3n) is 7.54. The highest BCUT2D eigenvalue weighted by atomic mass is 16.4. The summed E-state index contributed by atoms with van der Waals surface area (Å²) in [5.41, 5.74) is -0.608. The van der Waals surface area contributed by atoms with E-state index >= 15 is 0 Å². The highest BCUT2D eigenvalue weighted by molar-refractivity contribution is 5.83. The van der Waals surface area contributed by atoms with Crippen LogP contribution in [0.15, 0.2) is 0 Å². The van der Waals surface area contributed by atoms with E-state index in [1.807, 2.05) is 0 Å². The molecule has 3 heteroatoms. The number of hydrogen-bond donors (Lipinski definition) is 2. The number of aliphatic hydroxyl groups excluding tert-OH is 1. The molecule has 6 bridgehead atoms. The van der Waals surface area contributed by atoms with E-state index in [0.717, 1.165) is 19.3 Å². The van der Waals surface area contributed by atoms with Gasteiger partial charge in [-0.1, -0.05) is 20.8 Å². The van der Waals surface area contributed by atoms with Crippen LogP contribution in [0.1, 0.15) is 40.0 Å². The third kappa shape index (κ3) is 0.774. The molecule has 0 spiro atoms. The second kappa shape index (κ2) is 2.65. The van der Waals surface area contributed by atoms with Gasteiger partial charge in [0.2, 0.25) is 0 Å². The van der Waals surface area contributed by atoms with Gasteiger partial charge >= 0.3 is 5.97 Å². The number of aliphatic carboxylic acids is 1. The van der Waals surface area contributed by atoms with Gasteiger partial charge in [0.25, 0.3) is 0 Å². The largest absolute Gasteiger partial charge is 0.481 e. The van der Waals surface area contributed by atoms with E-state index in [1.165, 1.54) is 0 Å². The molecule has 0 radical (unpaired) electrons. The van der Waals surface area contributed by atoms with E-state index < -0.39 is 11.4 Å². The monoisotopic (exact) mass is 250 g/mol. The SMILES string of the molecule is CC1(C)[C@H]2[C@H]3[C@H]4C[C@H]2[C@](C)(CC[C@H]1O)[C@]34C(=O)O. The minimum atomic E-state index is -0.558. The van der Waals surface area contributed by atoms with Crippen molar-refractivity contribution in [1.82, 2.24) is 0 Å². The van der Waals surface area contributed by atoms with Gasteiger partial charge in [-0.25, -0.2) is 0 Å². The zero-order chi connectivity index (χ0) is 13.1.